The summed E-state index contributed by atoms with van der Waals surface area (Å²) in [5, 5.41) is 10.2. The Morgan fingerprint density at radius 1 is 1.19 bits per heavy atom. The van der Waals surface area contributed by atoms with Crippen LogP contribution in [0.25, 0.3) is 0 Å². The van der Waals surface area contributed by atoms with Crippen LogP contribution in [0.5, 0.6) is 0 Å². The molecule has 1 heterocycles. The molecule has 2 rings (SSSR count). The Hall–Kier alpha value is -2.28. The number of methoxy groups -OCH3 is 1. The van der Waals surface area contributed by atoms with E-state index in [4.69, 9.17) is 0 Å². The van der Waals surface area contributed by atoms with Crippen LogP contribution in [-0.2, 0) is 20.7 Å². The number of carbonyl (C=O) groups is 2. The van der Waals surface area contributed by atoms with Crippen LogP contribution < -0.4 is 0 Å². The highest BCUT2D eigenvalue weighted by Crippen LogP contribution is 2.34. The Bertz CT molecular complexity index is 739. The first-order valence-electron chi connectivity index (χ1n) is 11.5. The van der Waals surface area contributed by atoms with Crippen molar-refractivity contribution in [1.82, 2.24) is 4.90 Å². The van der Waals surface area contributed by atoms with Crippen molar-refractivity contribution in [3.8, 4) is 0 Å². The number of rotatable bonds is 14. The van der Waals surface area contributed by atoms with E-state index in [0.717, 1.165) is 32.1 Å². The summed E-state index contributed by atoms with van der Waals surface area (Å²) in [6.07, 6.45) is 8.23. The third-order valence-corrected chi connectivity index (χ3v) is 5.81. The van der Waals surface area contributed by atoms with E-state index in [0.29, 0.717) is 25.7 Å². The number of aliphatic hydroxyl groups excluding tert-OH is 1. The van der Waals surface area contributed by atoms with E-state index in [1.807, 2.05) is 18.2 Å². The van der Waals surface area contributed by atoms with Gasteiger partial charge in [-0.15, -0.1) is 0 Å². The molecule has 7 heteroatoms. The molecule has 0 unspecified atom stereocenters. The standard InChI is InChI=1S/C25H35F2NO4/c1-32-23(30)15-7-2-3-10-18-28-21(19-25(26,27)24(28)31)16-17-22(29)14-9-8-13-20-11-5-4-6-12-20/h4-6,11-12,16-17,21-22,29H,2-3,7-10,13-15,18-19H2,1H3/b17-16+/t21-,22+/m0/s1. The first-order valence-corrected chi connectivity index (χ1v) is 11.5. The predicted octanol–water partition coefficient (Wildman–Crippen LogP) is 4.68. The van der Waals surface area contributed by atoms with Crippen molar-refractivity contribution in [2.45, 2.75) is 82.3 Å². The zero-order valence-electron chi connectivity index (χ0n) is 18.8. The van der Waals surface area contributed by atoms with E-state index in [1.165, 1.54) is 17.6 Å². The Morgan fingerprint density at radius 3 is 2.62 bits per heavy atom. The first-order chi connectivity index (χ1) is 15.3. The number of aryl methyl sites for hydroxylation is 1. The maximum absolute atomic E-state index is 14.0. The van der Waals surface area contributed by atoms with Gasteiger partial charge in [0.25, 0.3) is 5.91 Å². The summed E-state index contributed by atoms with van der Waals surface area (Å²) < 4.78 is 32.6. The summed E-state index contributed by atoms with van der Waals surface area (Å²) in [6, 6.07) is 9.41. The van der Waals surface area contributed by atoms with Gasteiger partial charge >= 0.3 is 11.9 Å². The SMILES string of the molecule is COC(=O)CCCCCCN1C(=O)C(F)(F)C[C@@H]1/C=C/[C@H](O)CCCCc1ccccc1. The van der Waals surface area contributed by atoms with Crippen LogP contribution in [-0.4, -0.2) is 53.6 Å². The van der Waals surface area contributed by atoms with Gasteiger partial charge in [-0.25, -0.2) is 0 Å². The lowest BCUT2D eigenvalue weighted by atomic mass is 10.0. The average Bonchev–Trinajstić information content (AvgIpc) is 3.00. The normalized spacial score (nSPS) is 18.9. The number of likely N-dealkylation sites (tertiary alicyclic amines) is 1. The Balaban J connectivity index is 1.73. The molecule has 1 saturated heterocycles. The van der Waals surface area contributed by atoms with Crippen molar-refractivity contribution in [3.63, 3.8) is 0 Å². The molecule has 32 heavy (non-hydrogen) atoms. The zero-order valence-corrected chi connectivity index (χ0v) is 18.8. The van der Waals surface area contributed by atoms with Crippen molar-refractivity contribution >= 4 is 11.9 Å². The number of alkyl halides is 2. The Labute approximate surface area is 189 Å². The van der Waals surface area contributed by atoms with Gasteiger partial charge in [0.15, 0.2) is 0 Å². The fourth-order valence-corrected chi connectivity index (χ4v) is 3.95. The van der Waals surface area contributed by atoms with E-state index >= 15 is 0 Å². The lowest BCUT2D eigenvalue weighted by Crippen LogP contribution is -2.36. The molecule has 1 N–H and O–H groups in total. The molecule has 1 aromatic rings. The van der Waals surface area contributed by atoms with E-state index in [2.05, 4.69) is 16.9 Å². The fourth-order valence-electron chi connectivity index (χ4n) is 3.95. The number of hydrogen-bond donors (Lipinski definition) is 1. The van der Waals surface area contributed by atoms with Gasteiger partial charge in [-0.05, 0) is 37.7 Å². The highest BCUT2D eigenvalue weighted by Gasteiger charge is 2.52. The number of carbonyl (C=O) groups excluding carboxylic acids is 2. The molecule has 1 fully saturated rings. The maximum Gasteiger partial charge on any atom is 0.327 e. The van der Waals surface area contributed by atoms with Crippen molar-refractivity contribution in [1.29, 1.82) is 0 Å². The molecule has 1 aliphatic heterocycles. The van der Waals surface area contributed by atoms with Gasteiger partial charge in [-0.1, -0.05) is 61.7 Å². The van der Waals surface area contributed by atoms with E-state index < -0.39 is 30.4 Å². The van der Waals surface area contributed by atoms with Crippen LogP contribution in [0, 0.1) is 0 Å². The molecule has 0 bridgehead atoms. The third kappa shape index (κ3) is 8.69. The minimum Gasteiger partial charge on any atom is -0.469 e. The molecule has 0 radical (unpaired) electrons. The quantitative estimate of drug-likeness (QED) is 0.253. The number of ether oxygens (including phenoxy) is 1. The molecule has 5 nitrogen and oxygen atoms in total. The lowest BCUT2D eigenvalue weighted by molar-refractivity contribution is -0.148. The molecular formula is C25H35F2NO4. The van der Waals surface area contributed by atoms with Gasteiger partial charge in [-0.3, -0.25) is 9.59 Å². The minimum atomic E-state index is -3.36. The van der Waals surface area contributed by atoms with Crippen molar-refractivity contribution < 1.29 is 28.2 Å². The van der Waals surface area contributed by atoms with Crippen molar-refractivity contribution in [2.24, 2.45) is 0 Å². The number of amides is 1. The summed E-state index contributed by atoms with van der Waals surface area (Å²) in [4.78, 5) is 24.4. The third-order valence-electron chi connectivity index (χ3n) is 5.81. The molecule has 1 amide bonds. The second-order valence-corrected chi connectivity index (χ2v) is 8.40. The smallest absolute Gasteiger partial charge is 0.327 e. The number of aliphatic hydroxyl groups is 1. The highest BCUT2D eigenvalue weighted by atomic mass is 19.3. The minimum absolute atomic E-state index is 0.245. The van der Waals surface area contributed by atoms with Gasteiger partial charge in [0.2, 0.25) is 0 Å². The Kier molecular flexibility index (Phi) is 10.8. The molecule has 178 valence electrons. The van der Waals surface area contributed by atoms with Gasteiger partial charge in [0.1, 0.15) is 0 Å². The number of benzene rings is 1. The van der Waals surface area contributed by atoms with Gasteiger partial charge in [0.05, 0.1) is 19.3 Å². The summed E-state index contributed by atoms with van der Waals surface area (Å²) >= 11 is 0. The van der Waals surface area contributed by atoms with E-state index in [-0.39, 0.29) is 12.5 Å². The van der Waals surface area contributed by atoms with E-state index in [1.54, 1.807) is 12.2 Å². The number of nitrogens with zero attached hydrogens (tertiary/aromatic N) is 1. The summed E-state index contributed by atoms with van der Waals surface area (Å²) in [6.45, 7) is 0.245. The largest absolute Gasteiger partial charge is 0.469 e. The number of esters is 1. The zero-order chi connectivity index (χ0) is 23.4. The molecule has 1 aliphatic rings. The topological polar surface area (TPSA) is 66.8 Å². The molecule has 0 saturated carbocycles. The van der Waals surface area contributed by atoms with Crippen LogP contribution in [0.1, 0.15) is 63.4 Å². The van der Waals surface area contributed by atoms with Crippen LogP contribution in [0.15, 0.2) is 42.5 Å². The summed E-state index contributed by atoms with van der Waals surface area (Å²) in [5.41, 5.74) is 1.25. The molecule has 1 aromatic carbocycles. The van der Waals surface area contributed by atoms with Crippen LogP contribution in [0.3, 0.4) is 0 Å². The predicted molar refractivity (Wildman–Crippen MR) is 119 cm³/mol. The number of hydrogen-bond acceptors (Lipinski definition) is 4. The number of halogens is 2. The van der Waals surface area contributed by atoms with Gasteiger partial charge in [0, 0.05) is 19.4 Å². The number of unbranched alkanes of at least 4 members (excludes halogenated alkanes) is 4. The monoisotopic (exact) mass is 451 g/mol. The van der Waals surface area contributed by atoms with Gasteiger partial charge in [-0.2, -0.15) is 8.78 Å². The second-order valence-electron chi connectivity index (χ2n) is 8.40. The van der Waals surface area contributed by atoms with Crippen molar-refractivity contribution in [3.05, 3.63) is 48.0 Å². The van der Waals surface area contributed by atoms with Crippen molar-refractivity contribution in [2.75, 3.05) is 13.7 Å². The van der Waals surface area contributed by atoms with Crippen LogP contribution >= 0.6 is 0 Å². The molecule has 0 spiro atoms. The average molecular weight is 452 g/mol. The lowest BCUT2D eigenvalue weighted by Gasteiger charge is -2.22. The first kappa shape index (κ1) is 26.0. The van der Waals surface area contributed by atoms with Crippen LogP contribution in [0.4, 0.5) is 8.78 Å². The van der Waals surface area contributed by atoms with Crippen LogP contribution in [0.2, 0.25) is 0 Å². The molecule has 0 aromatic heterocycles. The second kappa shape index (κ2) is 13.3. The molecule has 2 atom stereocenters. The highest BCUT2D eigenvalue weighted by molar-refractivity contribution is 5.86. The van der Waals surface area contributed by atoms with E-state index in [9.17, 15) is 23.5 Å². The molecular weight excluding hydrogens is 416 g/mol. The summed E-state index contributed by atoms with van der Waals surface area (Å²) in [7, 11) is 1.34. The maximum atomic E-state index is 14.0. The molecule has 0 aliphatic carbocycles. The summed E-state index contributed by atoms with van der Waals surface area (Å²) in [5.74, 6) is -4.76. The Morgan fingerprint density at radius 2 is 1.91 bits per heavy atom. The fraction of sp³-hybridized carbons (Fsp3) is 0.600. The van der Waals surface area contributed by atoms with Gasteiger partial charge < -0.3 is 14.7 Å².